The third kappa shape index (κ3) is 3.59. The molecular weight excluding hydrogens is 382 g/mol. The van der Waals surface area contributed by atoms with E-state index in [0.717, 1.165) is 48.8 Å². The molecule has 0 bridgehead atoms. The number of aryl methyl sites for hydroxylation is 1. The number of hydrogen-bond donors (Lipinski definition) is 1. The quantitative estimate of drug-likeness (QED) is 0.709. The molecule has 29 heavy (non-hydrogen) atoms. The summed E-state index contributed by atoms with van der Waals surface area (Å²) in [5.41, 5.74) is 1.44. The maximum Gasteiger partial charge on any atom is 0.230 e. The highest BCUT2D eigenvalue weighted by atomic mass is 32.1. The lowest BCUT2D eigenvalue weighted by atomic mass is 9.89. The van der Waals surface area contributed by atoms with E-state index in [1.54, 1.807) is 12.5 Å². The van der Waals surface area contributed by atoms with Crippen molar-refractivity contribution in [1.29, 1.82) is 0 Å². The summed E-state index contributed by atoms with van der Waals surface area (Å²) in [6.07, 6.45) is 8.72. The van der Waals surface area contributed by atoms with Gasteiger partial charge in [-0.15, -0.1) is 11.3 Å². The summed E-state index contributed by atoms with van der Waals surface area (Å²) in [4.78, 5) is 31.1. The van der Waals surface area contributed by atoms with Gasteiger partial charge in [0.25, 0.3) is 0 Å². The van der Waals surface area contributed by atoms with Gasteiger partial charge in [-0.1, -0.05) is 13.0 Å². The summed E-state index contributed by atoms with van der Waals surface area (Å²) in [5.74, 6) is 2.34. The monoisotopic (exact) mass is 407 g/mol. The van der Waals surface area contributed by atoms with Crippen LogP contribution >= 0.6 is 11.3 Å². The molecule has 1 fully saturated rings. The average molecular weight is 408 g/mol. The lowest BCUT2D eigenvalue weighted by Crippen LogP contribution is -2.41. The number of carbonyl (C=O) groups excluding carboxylic acids is 1. The Morgan fingerprint density at radius 1 is 1.24 bits per heavy atom. The highest BCUT2D eigenvalue weighted by Crippen LogP contribution is 2.41. The standard InChI is InChI=1S/C22H25N5OS/c1-14-7-8-16-17(11-14)29-22-19(16)20(24-13-25-22)27-10-4-5-15(12-27)21(28)26-18-6-2-3-9-23-18/h2-3,6,9,13-15H,4-5,7-8,10-12H2,1H3,(H,23,26,28)/t14-,15-/m1/s1. The summed E-state index contributed by atoms with van der Waals surface area (Å²) in [6, 6.07) is 5.56. The van der Waals surface area contributed by atoms with Crippen LogP contribution in [-0.2, 0) is 17.6 Å². The fraction of sp³-hybridized carbons (Fsp3) is 0.455. The number of hydrogen-bond acceptors (Lipinski definition) is 6. The molecule has 1 aliphatic carbocycles. The molecule has 0 saturated carbocycles. The predicted octanol–water partition coefficient (Wildman–Crippen LogP) is 4.07. The van der Waals surface area contributed by atoms with Gasteiger partial charge in [0.1, 0.15) is 22.8 Å². The third-order valence-corrected chi connectivity index (χ3v) is 7.24. The third-order valence-electron chi connectivity index (χ3n) is 6.08. The first-order valence-corrected chi connectivity index (χ1v) is 11.2. The van der Waals surface area contributed by atoms with Crippen molar-refractivity contribution in [3.8, 4) is 0 Å². The van der Waals surface area contributed by atoms with Gasteiger partial charge in [0.05, 0.1) is 11.3 Å². The van der Waals surface area contributed by atoms with Crippen molar-refractivity contribution in [3.05, 3.63) is 41.2 Å². The molecule has 2 aliphatic rings. The van der Waals surface area contributed by atoms with E-state index in [1.807, 2.05) is 29.5 Å². The van der Waals surface area contributed by atoms with Crippen LogP contribution < -0.4 is 10.2 Å². The first-order chi connectivity index (χ1) is 14.2. The van der Waals surface area contributed by atoms with Crippen LogP contribution in [0.3, 0.4) is 0 Å². The molecule has 0 spiro atoms. The number of fused-ring (bicyclic) bond motifs is 3. The van der Waals surface area contributed by atoms with Crippen LogP contribution in [0.15, 0.2) is 30.7 Å². The summed E-state index contributed by atoms with van der Waals surface area (Å²) in [6.45, 7) is 3.95. The van der Waals surface area contributed by atoms with Crippen LogP contribution in [0.2, 0.25) is 0 Å². The molecule has 5 rings (SSSR count). The van der Waals surface area contributed by atoms with Crippen LogP contribution in [0.5, 0.6) is 0 Å². The van der Waals surface area contributed by atoms with Crippen LogP contribution in [0.4, 0.5) is 11.6 Å². The molecule has 150 valence electrons. The number of anilines is 2. The van der Waals surface area contributed by atoms with Gasteiger partial charge in [0.2, 0.25) is 5.91 Å². The molecule has 2 atom stereocenters. The molecular formula is C22H25N5OS. The van der Waals surface area contributed by atoms with Crippen molar-refractivity contribution in [2.24, 2.45) is 11.8 Å². The van der Waals surface area contributed by atoms with E-state index in [1.165, 1.54) is 22.2 Å². The van der Waals surface area contributed by atoms with E-state index in [4.69, 9.17) is 0 Å². The average Bonchev–Trinajstić information content (AvgIpc) is 3.12. The van der Waals surface area contributed by atoms with E-state index in [2.05, 4.69) is 32.1 Å². The van der Waals surface area contributed by atoms with Crippen LogP contribution in [0, 0.1) is 11.8 Å². The van der Waals surface area contributed by atoms with E-state index >= 15 is 0 Å². The molecule has 4 heterocycles. The molecule has 1 aliphatic heterocycles. The van der Waals surface area contributed by atoms with Crippen LogP contribution in [-0.4, -0.2) is 33.9 Å². The Bertz CT molecular complexity index is 1030. The maximum absolute atomic E-state index is 12.8. The number of nitrogens with one attached hydrogen (secondary N) is 1. The Morgan fingerprint density at radius 2 is 2.17 bits per heavy atom. The molecule has 7 heteroatoms. The fourth-order valence-corrected chi connectivity index (χ4v) is 5.89. The molecule has 0 aromatic carbocycles. The minimum atomic E-state index is -0.0646. The number of thiophene rings is 1. The number of rotatable bonds is 3. The van der Waals surface area contributed by atoms with Gasteiger partial charge in [-0.3, -0.25) is 4.79 Å². The number of nitrogens with zero attached hydrogens (tertiary/aromatic N) is 4. The highest BCUT2D eigenvalue weighted by molar-refractivity contribution is 7.19. The first-order valence-electron chi connectivity index (χ1n) is 10.4. The molecule has 1 saturated heterocycles. The Kier molecular flexibility index (Phi) is 4.91. The van der Waals surface area contributed by atoms with Crippen molar-refractivity contribution in [2.75, 3.05) is 23.3 Å². The predicted molar refractivity (Wildman–Crippen MR) is 116 cm³/mol. The van der Waals surface area contributed by atoms with Gasteiger partial charge < -0.3 is 10.2 Å². The minimum absolute atomic E-state index is 0.0415. The largest absolute Gasteiger partial charge is 0.355 e. The topological polar surface area (TPSA) is 71.0 Å². The van der Waals surface area contributed by atoms with Crippen LogP contribution in [0.25, 0.3) is 10.2 Å². The summed E-state index contributed by atoms with van der Waals surface area (Å²) >= 11 is 1.83. The number of piperidine rings is 1. The van der Waals surface area contributed by atoms with E-state index in [-0.39, 0.29) is 11.8 Å². The Morgan fingerprint density at radius 3 is 3.03 bits per heavy atom. The molecule has 0 radical (unpaired) electrons. The van der Waals surface area contributed by atoms with Crippen molar-refractivity contribution in [2.45, 2.75) is 39.0 Å². The number of pyridine rings is 1. The van der Waals surface area contributed by atoms with Gasteiger partial charge in [-0.05, 0) is 55.7 Å². The molecule has 1 amide bonds. The fourth-order valence-electron chi connectivity index (χ4n) is 4.55. The van der Waals surface area contributed by atoms with E-state index < -0.39 is 0 Å². The maximum atomic E-state index is 12.8. The molecule has 6 nitrogen and oxygen atoms in total. The zero-order chi connectivity index (χ0) is 19.8. The Hall–Kier alpha value is -2.54. The van der Waals surface area contributed by atoms with Gasteiger partial charge >= 0.3 is 0 Å². The molecule has 1 N–H and O–H groups in total. The SMILES string of the molecule is C[C@@H]1CCc2c(sc3ncnc(N4CCC[C@@H](C(=O)Nc5ccccn5)C4)c23)C1. The summed E-state index contributed by atoms with van der Waals surface area (Å²) in [7, 11) is 0. The number of aromatic nitrogens is 3. The zero-order valence-electron chi connectivity index (χ0n) is 16.6. The smallest absolute Gasteiger partial charge is 0.230 e. The molecule has 3 aromatic rings. The summed E-state index contributed by atoms with van der Waals surface area (Å²) < 4.78 is 0. The molecule has 0 unspecified atom stereocenters. The van der Waals surface area contributed by atoms with E-state index in [0.29, 0.717) is 12.4 Å². The van der Waals surface area contributed by atoms with Gasteiger partial charge in [-0.2, -0.15) is 0 Å². The van der Waals surface area contributed by atoms with Gasteiger partial charge in [0.15, 0.2) is 0 Å². The van der Waals surface area contributed by atoms with Crippen molar-refractivity contribution in [3.63, 3.8) is 0 Å². The van der Waals surface area contributed by atoms with Crippen LogP contribution in [0.1, 0.15) is 36.6 Å². The second-order valence-corrected chi connectivity index (χ2v) is 9.30. The normalized spacial score (nSPS) is 21.8. The Labute approximate surface area is 174 Å². The van der Waals surface area contributed by atoms with Crippen molar-refractivity contribution < 1.29 is 4.79 Å². The summed E-state index contributed by atoms with van der Waals surface area (Å²) in [5, 5.41) is 4.19. The van der Waals surface area contributed by atoms with Gasteiger partial charge in [-0.25, -0.2) is 15.0 Å². The first kappa shape index (κ1) is 18.5. The lowest BCUT2D eigenvalue weighted by Gasteiger charge is -2.33. The Balaban J connectivity index is 1.41. The second kappa shape index (κ2) is 7.71. The highest BCUT2D eigenvalue weighted by Gasteiger charge is 2.30. The van der Waals surface area contributed by atoms with E-state index in [9.17, 15) is 4.79 Å². The molecule has 3 aromatic heterocycles. The zero-order valence-corrected chi connectivity index (χ0v) is 17.4. The van der Waals surface area contributed by atoms with Crippen molar-refractivity contribution >= 4 is 39.1 Å². The van der Waals surface area contributed by atoms with Gasteiger partial charge in [0, 0.05) is 24.2 Å². The number of amides is 1. The minimum Gasteiger partial charge on any atom is -0.355 e. The number of carbonyl (C=O) groups is 1. The lowest BCUT2D eigenvalue weighted by molar-refractivity contribution is -0.120. The second-order valence-electron chi connectivity index (χ2n) is 8.22. The van der Waals surface area contributed by atoms with Crippen molar-refractivity contribution in [1.82, 2.24) is 15.0 Å².